The van der Waals surface area contributed by atoms with Crippen LogP contribution < -0.4 is 11.2 Å². The number of hydrogen-bond donors (Lipinski definition) is 4. The van der Waals surface area contributed by atoms with E-state index in [0.717, 1.165) is 0 Å². The fourth-order valence-electron chi connectivity index (χ4n) is 0.477. The fraction of sp³-hybridized carbons (Fsp3) is 0.200. The highest BCUT2D eigenvalue weighted by Gasteiger charge is 1.88. The van der Waals surface area contributed by atoms with Gasteiger partial charge in [0.2, 0.25) is 0 Å². The Kier molecular flexibility index (Phi) is 4.98. The lowest BCUT2D eigenvalue weighted by Crippen LogP contribution is -2.22. The van der Waals surface area contributed by atoms with Gasteiger partial charge in [0.1, 0.15) is 0 Å². The van der Waals surface area contributed by atoms with Crippen molar-refractivity contribution in [2.45, 2.75) is 6.92 Å². The molecule has 0 saturated carbocycles. The molecule has 0 aromatic carbocycles. The van der Waals surface area contributed by atoms with E-state index in [0.29, 0.717) is 5.56 Å². The van der Waals surface area contributed by atoms with Crippen molar-refractivity contribution in [1.29, 1.82) is 0 Å². The molecule has 0 aliphatic carbocycles. The predicted molar refractivity (Wildman–Crippen MR) is 45.9 cm³/mol. The lowest BCUT2D eigenvalue weighted by Gasteiger charge is -1.84. The minimum atomic E-state index is -3.13. The molecule has 0 aliphatic heterocycles. The number of aromatic amines is 2. The smallest absolute Gasteiger partial charge is 0.325 e. The normalized spacial score (nSPS) is 9.23. The van der Waals surface area contributed by atoms with Crippen LogP contribution >= 0.6 is 8.25 Å². The molecular weight excluding hydrogens is 199 g/mol. The van der Waals surface area contributed by atoms with Gasteiger partial charge in [-0.25, -0.2) is 4.79 Å². The molecule has 1 rings (SSSR count). The molecule has 0 radical (unpaired) electrons. The molecule has 13 heavy (non-hydrogen) atoms. The molecule has 0 atom stereocenters. The van der Waals surface area contributed by atoms with E-state index in [1.165, 1.54) is 6.20 Å². The van der Waals surface area contributed by atoms with Crippen molar-refractivity contribution in [2.75, 3.05) is 0 Å². The fourth-order valence-corrected chi connectivity index (χ4v) is 0.477. The maximum atomic E-state index is 10.6. The van der Waals surface area contributed by atoms with Crippen LogP contribution in [0.25, 0.3) is 0 Å². The predicted octanol–water partition coefficient (Wildman–Crippen LogP) is -1.27. The van der Waals surface area contributed by atoms with E-state index in [-0.39, 0.29) is 5.56 Å². The summed E-state index contributed by atoms with van der Waals surface area (Å²) in [5.41, 5.74) is -0.293. The van der Waals surface area contributed by atoms with Gasteiger partial charge in [-0.1, -0.05) is 0 Å². The van der Waals surface area contributed by atoms with Crippen LogP contribution in [0.5, 0.6) is 0 Å². The summed E-state index contributed by atoms with van der Waals surface area (Å²) >= 11 is 0. The highest BCUT2D eigenvalue weighted by molar-refractivity contribution is 7.30. The number of hydrogen-bond acceptors (Lipinski definition) is 3. The summed E-state index contributed by atoms with van der Waals surface area (Å²) in [5, 5.41) is 0. The monoisotopic (exact) mass is 208 g/mol. The van der Waals surface area contributed by atoms with Crippen LogP contribution in [0.1, 0.15) is 5.56 Å². The third-order valence-corrected chi connectivity index (χ3v) is 1.00. The van der Waals surface area contributed by atoms with E-state index in [9.17, 15) is 9.59 Å². The molecule has 1 aromatic heterocycles. The Hall–Kier alpha value is -1.17. The number of aromatic nitrogens is 2. The van der Waals surface area contributed by atoms with Crippen LogP contribution in [0.3, 0.4) is 0 Å². The summed E-state index contributed by atoms with van der Waals surface area (Å²) in [5.74, 6) is 0. The van der Waals surface area contributed by atoms with Crippen molar-refractivity contribution in [2.24, 2.45) is 0 Å². The molecule has 74 valence electrons. The maximum Gasteiger partial charge on any atom is 0.325 e. The van der Waals surface area contributed by atoms with Gasteiger partial charge in [-0.05, 0) is 6.92 Å². The molecule has 1 aromatic rings. The Morgan fingerprint density at radius 1 is 1.38 bits per heavy atom. The van der Waals surface area contributed by atoms with Crippen LogP contribution in [0, 0.1) is 6.92 Å². The highest BCUT2D eigenvalue weighted by atomic mass is 31.1. The Balaban J connectivity index is 0.000000310. The second-order valence-corrected chi connectivity index (χ2v) is 2.60. The van der Waals surface area contributed by atoms with Gasteiger partial charge in [-0.2, -0.15) is 0 Å². The first-order valence-corrected chi connectivity index (χ1v) is 4.44. The average Bonchev–Trinajstić information content (AvgIpc) is 1.96. The minimum Gasteiger partial charge on any atom is -0.326 e. The SMILES string of the molecule is Cc1c[nH]c(=O)[nH]c1=O.O=[PH](O)O. The van der Waals surface area contributed by atoms with E-state index < -0.39 is 13.9 Å². The topological polar surface area (TPSA) is 123 Å². The van der Waals surface area contributed by atoms with E-state index in [4.69, 9.17) is 14.4 Å². The second-order valence-electron chi connectivity index (χ2n) is 2.04. The van der Waals surface area contributed by atoms with Gasteiger partial charge in [-0.3, -0.25) is 14.3 Å². The van der Waals surface area contributed by atoms with Crippen LogP contribution in [0.2, 0.25) is 0 Å². The van der Waals surface area contributed by atoms with Gasteiger partial charge in [0, 0.05) is 11.8 Å². The molecule has 1 heterocycles. The first-order valence-electron chi connectivity index (χ1n) is 3.14. The number of rotatable bonds is 0. The van der Waals surface area contributed by atoms with Crippen molar-refractivity contribution in [3.8, 4) is 0 Å². The van der Waals surface area contributed by atoms with Gasteiger partial charge in [0.15, 0.2) is 0 Å². The van der Waals surface area contributed by atoms with Gasteiger partial charge >= 0.3 is 13.9 Å². The lowest BCUT2D eigenvalue weighted by molar-refractivity contribution is 0.405. The molecular formula is C5H9N2O5P. The van der Waals surface area contributed by atoms with Gasteiger partial charge in [-0.15, -0.1) is 0 Å². The zero-order valence-electron chi connectivity index (χ0n) is 6.70. The Morgan fingerprint density at radius 2 is 1.85 bits per heavy atom. The van der Waals surface area contributed by atoms with Crippen molar-refractivity contribution < 1.29 is 14.4 Å². The Bertz CT molecular complexity index is 390. The summed E-state index contributed by atoms with van der Waals surface area (Å²) in [6.45, 7) is 1.62. The molecule has 0 saturated heterocycles. The second kappa shape index (κ2) is 5.47. The van der Waals surface area contributed by atoms with E-state index in [1.54, 1.807) is 6.92 Å². The van der Waals surface area contributed by atoms with Crippen molar-refractivity contribution >= 4 is 8.25 Å². The third kappa shape index (κ3) is 6.03. The van der Waals surface area contributed by atoms with Gasteiger partial charge in [0.05, 0.1) is 0 Å². The molecule has 0 fully saturated rings. The lowest BCUT2D eigenvalue weighted by atomic mass is 10.4. The third-order valence-electron chi connectivity index (χ3n) is 1.00. The van der Waals surface area contributed by atoms with E-state index >= 15 is 0 Å². The zero-order chi connectivity index (χ0) is 10.4. The van der Waals surface area contributed by atoms with Gasteiger partial charge < -0.3 is 14.8 Å². The van der Waals surface area contributed by atoms with E-state index in [1.807, 2.05) is 0 Å². The first-order chi connectivity index (χ1) is 5.93. The van der Waals surface area contributed by atoms with Crippen molar-refractivity contribution in [1.82, 2.24) is 9.97 Å². The molecule has 8 heteroatoms. The number of nitrogens with one attached hydrogen (secondary N) is 2. The largest absolute Gasteiger partial charge is 0.326 e. The van der Waals surface area contributed by atoms with Crippen molar-refractivity contribution in [3.63, 3.8) is 0 Å². The van der Waals surface area contributed by atoms with Crippen LogP contribution in [-0.4, -0.2) is 19.8 Å². The Morgan fingerprint density at radius 3 is 2.15 bits per heavy atom. The average molecular weight is 208 g/mol. The summed E-state index contributed by atoms with van der Waals surface area (Å²) in [6, 6.07) is 0. The number of aryl methyl sites for hydroxylation is 1. The van der Waals surface area contributed by atoms with Crippen LogP contribution in [0.4, 0.5) is 0 Å². The molecule has 0 bridgehead atoms. The quantitative estimate of drug-likeness (QED) is 0.396. The van der Waals surface area contributed by atoms with Crippen LogP contribution in [-0.2, 0) is 4.57 Å². The Labute approximate surface area is 73.0 Å². The molecule has 7 nitrogen and oxygen atoms in total. The minimum absolute atomic E-state index is 0.334. The van der Waals surface area contributed by atoms with E-state index in [2.05, 4.69) is 9.97 Å². The standard InChI is InChI=1S/C5H6N2O2.H3O3P/c1-3-2-6-5(9)7-4(3)8;1-4(2)3/h2H,1H3,(H2,6,7,8,9);4H,(H2,1,2,3). The maximum absolute atomic E-state index is 10.6. The summed E-state index contributed by atoms with van der Waals surface area (Å²) in [7, 11) is -3.13. The molecule has 0 unspecified atom stereocenters. The highest BCUT2D eigenvalue weighted by Crippen LogP contribution is 1.98. The number of H-pyrrole nitrogens is 2. The summed E-state index contributed by atoms with van der Waals surface area (Å²) < 4.78 is 8.74. The van der Waals surface area contributed by atoms with Crippen molar-refractivity contribution in [3.05, 3.63) is 32.6 Å². The summed E-state index contributed by atoms with van der Waals surface area (Å²) in [6.07, 6.45) is 1.38. The molecule has 4 N–H and O–H groups in total. The molecule has 0 spiro atoms. The van der Waals surface area contributed by atoms with Gasteiger partial charge in [0.25, 0.3) is 5.56 Å². The molecule has 0 aliphatic rings. The molecule has 0 amide bonds. The first kappa shape index (κ1) is 11.8. The van der Waals surface area contributed by atoms with Crippen LogP contribution in [0.15, 0.2) is 15.8 Å². The summed E-state index contributed by atoms with van der Waals surface area (Å²) in [4.78, 5) is 39.6. The zero-order valence-corrected chi connectivity index (χ0v) is 7.70.